The number of ether oxygens (including phenoxy) is 1. The molecule has 0 bridgehead atoms. The molecule has 2 aromatic rings. The number of benzene rings is 2. The van der Waals surface area contributed by atoms with Crippen molar-refractivity contribution in [2.75, 3.05) is 31.6 Å². The molecule has 170 valence electrons. The number of fused-ring (bicyclic) bond motifs is 1. The first-order chi connectivity index (χ1) is 14.9. The van der Waals surface area contributed by atoms with Crippen molar-refractivity contribution in [3.63, 3.8) is 0 Å². The van der Waals surface area contributed by atoms with E-state index in [9.17, 15) is 14.7 Å². The third-order valence-corrected chi connectivity index (χ3v) is 6.40. The molecule has 1 fully saturated rings. The molecular weight excluding hydrogens is 475 g/mol. The molecule has 32 heavy (non-hydrogen) atoms. The van der Waals surface area contributed by atoms with E-state index in [0.717, 1.165) is 25.9 Å². The second-order valence-electron chi connectivity index (χ2n) is 7.56. The van der Waals surface area contributed by atoms with E-state index in [4.69, 9.17) is 27.9 Å². The Morgan fingerprint density at radius 2 is 1.91 bits per heavy atom. The topological polar surface area (TPSA) is 78.9 Å². The largest absolute Gasteiger partial charge is 0.465 e. The Morgan fingerprint density at radius 3 is 2.56 bits per heavy atom. The van der Waals surface area contributed by atoms with E-state index in [-0.39, 0.29) is 45.7 Å². The van der Waals surface area contributed by atoms with E-state index < -0.39 is 17.5 Å². The van der Waals surface area contributed by atoms with Crippen molar-refractivity contribution in [3.8, 4) is 0 Å². The second-order valence-corrected chi connectivity index (χ2v) is 8.38. The molecule has 2 aromatic carbocycles. The van der Waals surface area contributed by atoms with E-state index in [1.54, 1.807) is 24.3 Å². The standard InChI is InChI=1S/C23H22Cl2N2O4.ClH/c1-31-21(28)15-12-18(25)20-19(13-15)27(11-8-14-6-9-26-10-7-14)22(29)23(20,30)16-4-2-3-5-17(16)24;/h2-5,8,12-13,26,30H,6-7,9-11H2,1H3;1H. The summed E-state index contributed by atoms with van der Waals surface area (Å²) < 4.78 is 4.82. The van der Waals surface area contributed by atoms with Gasteiger partial charge in [0.2, 0.25) is 0 Å². The Kier molecular flexibility index (Phi) is 7.53. The molecule has 0 saturated carbocycles. The summed E-state index contributed by atoms with van der Waals surface area (Å²) in [6, 6.07) is 9.55. The van der Waals surface area contributed by atoms with Gasteiger partial charge in [-0.05, 0) is 44.1 Å². The third kappa shape index (κ3) is 4.14. The van der Waals surface area contributed by atoms with Crippen LogP contribution in [0, 0.1) is 0 Å². The molecule has 6 nitrogen and oxygen atoms in total. The lowest BCUT2D eigenvalue weighted by atomic mass is 9.87. The zero-order valence-electron chi connectivity index (χ0n) is 17.4. The number of halogens is 3. The summed E-state index contributed by atoms with van der Waals surface area (Å²) in [4.78, 5) is 27.2. The van der Waals surface area contributed by atoms with Gasteiger partial charge >= 0.3 is 5.97 Å². The first-order valence-corrected chi connectivity index (χ1v) is 10.7. The number of methoxy groups -OCH3 is 1. The number of esters is 1. The number of carbonyl (C=O) groups is 2. The van der Waals surface area contributed by atoms with Crippen LogP contribution in [-0.4, -0.2) is 43.7 Å². The predicted molar refractivity (Wildman–Crippen MR) is 127 cm³/mol. The van der Waals surface area contributed by atoms with Crippen LogP contribution in [0.3, 0.4) is 0 Å². The minimum Gasteiger partial charge on any atom is -0.465 e. The average Bonchev–Trinajstić information content (AvgIpc) is 3.00. The van der Waals surface area contributed by atoms with Gasteiger partial charge in [-0.25, -0.2) is 4.79 Å². The highest BCUT2D eigenvalue weighted by Crippen LogP contribution is 2.49. The van der Waals surface area contributed by atoms with Crippen molar-refractivity contribution in [1.82, 2.24) is 5.32 Å². The molecule has 4 rings (SSSR count). The Morgan fingerprint density at radius 1 is 1.22 bits per heavy atom. The van der Waals surface area contributed by atoms with Gasteiger partial charge in [0, 0.05) is 22.7 Å². The number of amides is 1. The minimum atomic E-state index is -2.06. The van der Waals surface area contributed by atoms with Crippen LogP contribution in [0.25, 0.3) is 0 Å². The predicted octanol–water partition coefficient (Wildman–Crippen LogP) is 4.09. The summed E-state index contributed by atoms with van der Waals surface area (Å²) >= 11 is 12.9. The summed E-state index contributed by atoms with van der Waals surface area (Å²) in [6.07, 6.45) is 3.79. The van der Waals surface area contributed by atoms with Crippen LogP contribution in [-0.2, 0) is 15.1 Å². The number of rotatable bonds is 4. The fourth-order valence-corrected chi connectivity index (χ4v) is 4.79. The lowest BCUT2D eigenvalue weighted by Crippen LogP contribution is -2.41. The van der Waals surface area contributed by atoms with Crippen molar-refractivity contribution < 1.29 is 19.4 Å². The SMILES string of the molecule is COC(=O)c1cc(Cl)c2c(c1)N(CC=C1CCNCC1)C(=O)C2(O)c1ccccc1Cl.Cl. The number of aliphatic hydroxyl groups is 1. The molecule has 2 heterocycles. The number of piperidine rings is 1. The minimum absolute atomic E-state index is 0. The number of nitrogens with zero attached hydrogens (tertiary/aromatic N) is 1. The van der Waals surface area contributed by atoms with Gasteiger partial charge in [-0.15, -0.1) is 12.4 Å². The summed E-state index contributed by atoms with van der Waals surface area (Å²) in [5.74, 6) is -1.15. The number of hydrogen-bond donors (Lipinski definition) is 2. The molecule has 1 atom stereocenters. The highest BCUT2D eigenvalue weighted by molar-refractivity contribution is 6.35. The van der Waals surface area contributed by atoms with Crippen LogP contribution < -0.4 is 10.2 Å². The zero-order chi connectivity index (χ0) is 22.2. The van der Waals surface area contributed by atoms with E-state index in [0.29, 0.717) is 5.69 Å². The molecular formula is C23H23Cl3N2O4. The van der Waals surface area contributed by atoms with E-state index >= 15 is 0 Å². The first kappa shape index (κ1) is 24.6. The van der Waals surface area contributed by atoms with Crippen LogP contribution >= 0.6 is 35.6 Å². The lowest BCUT2D eigenvalue weighted by Gasteiger charge is -2.25. The maximum absolute atomic E-state index is 13.6. The highest BCUT2D eigenvalue weighted by atomic mass is 35.5. The molecule has 1 unspecified atom stereocenters. The fraction of sp³-hybridized carbons (Fsp3) is 0.304. The van der Waals surface area contributed by atoms with Crippen molar-refractivity contribution in [2.45, 2.75) is 18.4 Å². The van der Waals surface area contributed by atoms with Gasteiger partial charge < -0.3 is 20.1 Å². The van der Waals surface area contributed by atoms with Gasteiger partial charge in [-0.1, -0.05) is 53.1 Å². The molecule has 9 heteroatoms. The van der Waals surface area contributed by atoms with Gasteiger partial charge in [0.1, 0.15) is 0 Å². The fourth-order valence-electron chi connectivity index (χ4n) is 4.17. The first-order valence-electron chi connectivity index (χ1n) is 9.98. The van der Waals surface area contributed by atoms with E-state index in [1.807, 2.05) is 6.08 Å². The summed E-state index contributed by atoms with van der Waals surface area (Å²) in [7, 11) is 1.27. The normalized spacial score (nSPS) is 19.9. The average molecular weight is 498 g/mol. The van der Waals surface area contributed by atoms with Gasteiger partial charge in [-0.2, -0.15) is 0 Å². The number of hydrogen-bond acceptors (Lipinski definition) is 5. The molecule has 0 radical (unpaired) electrons. The van der Waals surface area contributed by atoms with E-state index in [1.165, 1.54) is 29.7 Å². The Bertz CT molecular complexity index is 1080. The quantitative estimate of drug-likeness (QED) is 0.491. The second kappa shape index (κ2) is 9.81. The number of anilines is 1. The Hall–Kier alpha value is -2.09. The zero-order valence-corrected chi connectivity index (χ0v) is 19.7. The Labute approximate surface area is 202 Å². The maximum atomic E-state index is 13.6. The van der Waals surface area contributed by atoms with Crippen LogP contribution in [0.15, 0.2) is 48.0 Å². The van der Waals surface area contributed by atoms with E-state index in [2.05, 4.69) is 5.32 Å². The van der Waals surface area contributed by atoms with Crippen LogP contribution in [0.1, 0.15) is 34.3 Å². The third-order valence-electron chi connectivity index (χ3n) is 5.77. The van der Waals surface area contributed by atoms with Gasteiger partial charge in [0.05, 0.1) is 23.4 Å². The summed E-state index contributed by atoms with van der Waals surface area (Å²) in [6.45, 7) is 2.02. The molecule has 1 amide bonds. The number of carbonyl (C=O) groups excluding carboxylic acids is 2. The molecule has 2 aliphatic rings. The summed E-state index contributed by atoms with van der Waals surface area (Å²) in [5.41, 5.74) is 0.187. The highest BCUT2D eigenvalue weighted by Gasteiger charge is 2.53. The maximum Gasteiger partial charge on any atom is 0.337 e. The van der Waals surface area contributed by atoms with Gasteiger partial charge in [0.25, 0.3) is 5.91 Å². The molecule has 1 saturated heterocycles. The molecule has 0 aromatic heterocycles. The van der Waals surface area contributed by atoms with Crippen molar-refractivity contribution in [1.29, 1.82) is 0 Å². The van der Waals surface area contributed by atoms with Crippen LogP contribution in [0.5, 0.6) is 0 Å². The van der Waals surface area contributed by atoms with Gasteiger partial charge in [-0.3, -0.25) is 4.79 Å². The number of nitrogens with one attached hydrogen (secondary N) is 1. The molecule has 0 spiro atoms. The Balaban J connectivity index is 0.00000289. The van der Waals surface area contributed by atoms with Gasteiger partial charge in [0.15, 0.2) is 5.60 Å². The van der Waals surface area contributed by atoms with Crippen molar-refractivity contribution in [2.24, 2.45) is 0 Å². The lowest BCUT2D eigenvalue weighted by molar-refractivity contribution is -0.132. The van der Waals surface area contributed by atoms with Crippen LogP contribution in [0.2, 0.25) is 10.0 Å². The molecule has 2 aliphatic heterocycles. The monoisotopic (exact) mass is 496 g/mol. The smallest absolute Gasteiger partial charge is 0.337 e. The van der Waals surface area contributed by atoms with Crippen LogP contribution in [0.4, 0.5) is 5.69 Å². The molecule has 2 N–H and O–H groups in total. The molecule has 0 aliphatic carbocycles. The van der Waals surface area contributed by atoms with Crippen molar-refractivity contribution >= 4 is 53.2 Å². The summed E-state index contributed by atoms with van der Waals surface area (Å²) in [5, 5.41) is 15.4. The van der Waals surface area contributed by atoms with Crippen molar-refractivity contribution in [3.05, 3.63) is 74.8 Å².